The zero-order valence-electron chi connectivity index (χ0n) is 10.0. The zero-order valence-corrected chi connectivity index (χ0v) is 10.0. The van der Waals surface area contributed by atoms with Crippen LogP contribution in [0.25, 0.3) is 0 Å². The molecule has 0 unspecified atom stereocenters. The fraction of sp³-hybridized carbons (Fsp3) is 0.417. The largest absolute Gasteiger partial charge is 0.471 e. The third-order valence-corrected chi connectivity index (χ3v) is 2.71. The number of hydrogen-bond acceptors (Lipinski definition) is 2. The van der Waals surface area contributed by atoms with Gasteiger partial charge in [-0.25, -0.2) is 0 Å². The van der Waals surface area contributed by atoms with Crippen LogP contribution < -0.4 is 10.2 Å². The number of carbonyl (C=O) groups excluding carboxylic acids is 1. The molecule has 1 aromatic carbocycles. The lowest BCUT2D eigenvalue weighted by Gasteiger charge is -2.40. The Balaban J connectivity index is 2.45. The molecule has 0 fully saturated rings. The minimum atomic E-state index is -4.86. The summed E-state index contributed by atoms with van der Waals surface area (Å²) in [6, 6.07) is 6.48. The number of hydrogen-bond donors (Lipinski definition) is 1. The summed E-state index contributed by atoms with van der Waals surface area (Å²) in [4.78, 5) is 12.2. The monoisotopic (exact) mass is 258 g/mol. The Labute approximate surface area is 103 Å². The van der Waals surface area contributed by atoms with E-state index >= 15 is 0 Å². The van der Waals surface area contributed by atoms with Crippen LogP contribution >= 0.6 is 0 Å². The highest BCUT2D eigenvalue weighted by molar-refractivity contribution is 6.01. The first kappa shape index (κ1) is 12.7. The second kappa shape index (κ2) is 3.90. The number of benzene rings is 1. The lowest BCUT2D eigenvalue weighted by atomic mass is 9.99. The highest BCUT2D eigenvalue weighted by atomic mass is 19.4. The number of para-hydroxylation sites is 2. The highest BCUT2D eigenvalue weighted by Gasteiger charge is 2.46. The molecule has 1 aromatic rings. The van der Waals surface area contributed by atoms with Crippen molar-refractivity contribution in [2.75, 3.05) is 16.8 Å². The molecule has 1 N–H and O–H groups in total. The van der Waals surface area contributed by atoms with Crippen molar-refractivity contribution >= 4 is 17.3 Å². The van der Waals surface area contributed by atoms with Gasteiger partial charge in [-0.15, -0.1) is 0 Å². The Morgan fingerprint density at radius 2 is 1.94 bits per heavy atom. The first-order valence-corrected chi connectivity index (χ1v) is 5.47. The van der Waals surface area contributed by atoms with Gasteiger partial charge in [0.05, 0.1) is 11.4 Å². The molecule has 18 heavy (non-hydrogen) atoms. The normalized spacial score (nSPS) is 17.9. The predicted molar refractivity (Wildman–Crippen MR) is 62.6 cm³/mol. The van der Waals surface area contributed by atoms with E-state index in [9.17, 15) is 18.0 Å². The van der Waals surface area contributed by atoms with Crippen molar-refractivity contribution in [3.8, 4) is 0 Å². The van der Waals surface area contributed by atoms with Gasteiger partial charge in [-0.05, 0) is 26.0 Å². The van der Waals surface area contributed by atoms with E-state index in [2.05, 4.69) is 5.32 Å². The highest BCUT2D eigenvalue weighted by Crippen LogP contribution is 2.36. The fourth-order valence-electron chi connectivity index (χ4n) is 2.03. The molecule has 0 saturated carbocycles. The minimum absolute atomic E-state index is 0.0254. The molecule has 0 atom stereocenters. The number of fused-ring (bicyclic) bond motifs is 1. The van der Waals surface area contributed by atoms with Crippen molar-refractivity contribution in [1.82, 2.24) is 0 Å². The molecule has 1 amide bonds. The third kappa shape index (κ3) is 2.27. The third-order valence-electron chi connectivity index (χ3n) is 2.71. The number of amides is 1. The van der Waals surface area contributed by atoms with Gasteiger partial charge in [0.15, 0.2) is 0 Å². The molecule has 0 saturated heterocycles. The molecule has 0 aliphatic carbocycles. The van der Waals surface area contributed by atoms with E-state index in [1.54, 1.807) is 32.0 Å². The summed E-state index contributed by atoms with van der Waals surface area (Å²) in [6.07, 6.45) is -4.86. The maximum atomic E-state index is 12.6. The average Bonchev–Trinajstić information content (AvgIpc) is 2.24. The van der Waals surface area contributed by atoms with Crippen LogP contribution in [0.1, 0.15) is 13.8 Å². The Hall–Kier alpha value is -1.72. The summed E-state index contributed by atoms with van der Waals surface area (Å²) < 4.78 is 37.7. The van der Waals surface area contributed by atoms with Gasteiger partial charge in [-0.1, -0.05) is 12.1 Å². The SMILES string of the molecule is CC1(C)CN(C(=O)C(F)(F)F)c2ccccc2N1. The number of alkyl halides is 3. The first-order chi connectivity index (χ1) is 8.21. The van der Waals surface area contributed by atoms with Crippen molar-refractivity contribution < 1.29 is 18.0 Å². The number of carbonyl (C=O) groups is 1. The molecule has 0 aromatic heterocycles. The van der Waals surface area contributed by atoms with Gasteiger partial charge in [-0.3, -0.25) is 4.79 Å². The Bertz CT molecular complexity index is 482. The van der Waals surface area contributed by atoms with Gasteiger partial charge in [-0.2, -0.15) is 13.2 Å². The Morgan fingerprint density at radius 3 is 2.56 bits per heavy atom. The summed E-state index contributed by atoms with van der Waals surface area (Å²) in [7, 11) is 0. The number of nitrogens with zero attached hydrogens (tertiary/aromatic N) is 1. The molecule has 98 valence electrons. The molecule has 0 bridgehead atoms. The molecular weight excluding hydrogens is 245 g/mol. The number of rotatable bonds is 0. The Morgan fingerprint density at radius 1 is 1.33 bits per heavy atom. The Kier molecular flexibility index (Phi) is 2.76. The summed E-state index contributed by atoms with van der Waals surface area (Å²) >= 11 is 0. The van der Waals surface area contributed by atoms with E-state index < -0.39 is 17.6 Å². The number of halogens is 3. The van der Waals surface area contributed by atoms with Crippen LogP contribution in [0.15, 0.2) is 24.3 Å². The van der Waals surface area contributed by atoms with Gasteiger partial charge in [0.1, 0.15) is 0 Å². The van der Waals surface area contributed by atoms with Crippen LogP contribution in [0.5, 0.6) is 0 Å². The predicted octanol–water partition coefficient (Wildman–Crippen LogP) is 2.79. The maximum Gasteiger partial charge on any atom is 0.471 e. The molecule has 6 heteroatoms. The van der Waals surface area contributed by atoms with E-state index in [0.717, 1.165) is 4.90 Å². The standard InChI is InChI=1S/C12H13F3N2O/c1-11(2)7-17(10(18)12(13,14)15)9-6-4-3-5-8(9)16-11/h3-6,16H,7H2,1-2H3. The van der Waals surface area contributed by atoms with Gasteiger partial charge >= 0.3 is 12.1 Å². The lowest BCUT2D eigenvalue weighted by molar-refractivity contribution is -0.170. The molecule has 2 rings (SSSR count). The molecule has 0 spiro atoms. The average molecular weight is 258 g/mol. The van der Waals surface area contributed by atoms with E-state index in [0.29, 0.717) is 5.69 Å². The van der Waals surface area contributed by atoms with Crippen molar-refractivity contribution in [1.29, 1.82) is 0 Å². The molecular formula is C12H13F3N2O. The molecule has 1 heterocycles. The van der Waals surface area contributed by atoms with Crippen LogP contribution in [0.2, 0.25) is 0 Å². The van der Waals surface area contributed by atoms with Crippen LogP contribution in [-0.4, -0.2) is 24.2 Å². The summed E-state index contributed by atoms with van der Waals surface area (Å²) in [6.45, 7) is 3.47. The van der Waals surface area contributed by atoms with Gasteiger partial charge < -0.3 is 10.2 Å². The smallest absolute Gasteiger partial charge is 0.377 e. The minimum Gasteiger partial charge on any atom is -0.377 e. The van der Waals surface area contributed by atoms with Crippen molar-refractivity contribution in [3.05, 3.63) is 24.3 Å². The zero-order chi connectivity index (χ0) is 13.6. The summed E-state index contributed by atoms with van der Waals surface area (Å²) in [5, 5.41) is 3.11. The molecule has 0 radical (unpaired) electrons. The van der Waals surface area contributed by atoms with Gasteiger partial charge in [0.2, 0.25) is 0 Å². The number of nitrogens with one attached hydrogen (secondary N) is 1. The van der Waals surface area contributed by atoms with Gasteiger partial charge in [0.25, 0.3) is 0 Å². The van der Waals surface area contributed by atoms with Crippen molar-refractivity contribution in [2.45, 2.75) is 25.6 Å². The quantitative estimate of drug-likeness (QED) is 0.776. The van der Waals surface area contributed by atoms with E-state index in [4.69, 9.17) is 0 Å². The van der Waals surface area contributed by atoms with Crippen LogP contribution in [0, 0.1) is 0 Å². The maximum absolute atomic E-state index is 12.6. The van der Waals surface area contributed by atoms with E-state index in [1.807, 2.05) is 0 Å². The summed E-state index contributed by atoms with van der Waals surface area (Å²) in [5.41, 5.74) is 0.195. The van der Waals surface area contributed by atoms with Crippen LogP contribution in [0.3, 0.4) is 0 Å². The molecule has 1 aliphatic heterocycles. The van der Waals surface area contributed by atoms with Gasteiger partial charge in [0, 0.05) is 12.1 Å². The van der Waals surface area contributed by atoms with Crippen molar-refractivity contribution in [2.24, 2.45) is 0 Å². The number of anilines is 2. The molecule has 3 nitrogen and oxygen atoms in total. The van der Waals surface area contributed by atoms with E-state index in [1.165, 1.54) is 6.07 Å². The summed E-state index contributed by atoms with van der Waals surface area (Å²) in [5.74, 6) is -1.83. The topological polar surface area (TPSA) is 32.3 Å². The van der Waals surface area contributed by atoms with E-state index in [-0.39, 0.29) is 12.2 Å². The second-order valence-corrected chi connectivity index (χ2v) is 4.92. The molecule has 1 aliphatic rings. The fourth-order valence-corrected chi connectivity index (χ4v) is 2.03. The second-order valence-electron chi connectivity index (χ2n) is 4.92. The van der Waals surface area contributed by atoms with Crippen LogP contribution in [0.4, 0.5) is 24.5 Å². The van der Waals surface area contributed by atoms with Crippen molar-refractivity contribution in [3.63, 3.8) is 0 Å². The lowest BCUT2D eigenvalue weighted by Crippen LogP contribution is -2.54. The van der Waals surface area contributed by atoms with Crippen LogP contribution in [-0.2, 0) is 4.79 Å². The first-order valence-electron chi connectivity index (χ1n) is 5.47.